The second-order valence-corrected chi connectivity index (χ2v) is 37.6. The maximum atomic E-state index is 9.42. The maximum absolute atomic E-state index is 9.42. The van der Waals surface area contributed by atoms with Crippen LogP contribution in [0.15, 0.2) is 127 Å². The van der Waals surface area contributed by atoms with Gasteiger partial charge in [0.1, 0.15) is 0 Å². The van der Waals surface area contributed by atoms with Crippen molar-refractivity contribution >= 4 is 51.7 Å². The molecule has 0 radical (unpaired) electrons. The first-order valence-corrected chi connectivity index (χ1v) is 43.9. The van der Waals surface area contributed by atoms with Crippen LogP contribution in [0.2, 0.25) is 0 Å². The molecule has 3 spiro atoms. The Balaban J connectivity index is 0.000000123. The third-order valence-electron chi connectivity index (χ3n) is 33.3. The number of allylic oxidation sites excluding steroid dienone is 9. The summed E-state index contributed by atoms with van der Waals surface area (Å²) in [6.45, 7) is 69.1. The Bertz CT molecular complexity index is 6950. The van der Waals surface area contributed by atoms with Crippen molar-refractivity contribution < 1.29 is 8.22 Å². The molecule has 0 aromatic heterocycles. The molecule has 0 N–H and O–H groups in total. The molecule has 0 fully saturated rings. The molecule has 0 heteroatoms. The van der Waals surface area contributed by atoms with Crippen molar-refractivity contribution in [3.05, 3.63) is 394 Å². The number of fused-ring (bicyclic) bond motifs is 29. The molecule has 0 unspecified atom stereocenters. The molecule has 0 aliphatic heterocycles. The SMILES string of the molecule is [3H]C1([3H])c2ccccc2-c2c1ccc1c2C=CC12c1c(C)c(C)c(C)c(C)c1C(C)=C(C)c1c(C)c(C)c(C)c(C)c12.[3H]C1([3H])c2ccccc2-c2cc3c(cc21)C=CC31c2c(C)c(C)c(C)c(C)c2C(C)=C(C)c2c(C)c(C)c(C)c(C)c21.[3H]C1([3H])c2ccccc2-c2ccc3c(c21)C=CC31c2c(C)c(C)c(C)c(C)c2C(C)=C(C)c2c(C)c(C)c(C)c(C)c21. The largest absolute Gasteiger partial charge is 0.0658 e. The van der Waals surface area contributed by atoms with E-state index in [-0.39, 0.29) is 0 Å². The van der Waals surface area contributed by atoms with Gasteiger partial charge >= 0.3 is 0 Å². The van der Waals surface area contributed by atoms with Gasteiger partial charge in [-0.1, -0.05) is 140 Å². The van der Waals surface area contributed by atoms with Crippen molar-refractivity contribution in [1.29, 1.82) is 0 Å². The molecule has 12 aromatic carbocycles. The van der Waals surface area contributed by atoms with E-state index in [0.29, 0.717) is 0 Å². The molecule has 0 atom stereocenters. The monoisotopic (exact) mass is 1570 g/mol. The van der Waals surface area contributed by atoms with Crippen LogP contribution in [0.4, 0.5) is 0 Å². The average molecular weight is 1570 g/mol. The minimum atomic E-state index is -1.56. The van der Waals surface area contributed by atoms with Gasteiger partial charge in [0.05, 0.1) is 16.2 Å². The van der Waals surface area contributed by atoms with Crippen LogP contribution in [0.5, 0.6) is 0 Å². The first kappa shape index (κ1) is 71.9. The topological polar surface area (TPSA) is 0 Å². The van der Waals surface area contributed by atoms with Crippen LogP contribution in [0.3, 0.4) is 0 Å². The molecule has 9 aliphatic carbocycles. The van der Waals surface area contributed by atoms with E-state index in [1.807, 2.05) is 54.6 Å². The summed E-state index contributed by atoms with van der Waals surface area (Å²) in [7, 11) is 0. The number of benzene rings is 12. The van der Waals surface area contributed by atoms with Gasteiger partial charge in [-0.25, -0.2) is 0 Å². The lowest BCUT2D eigenvalue weighted by atomic mass is 9.63. The smallest absolute Gasteiger partial charge is 0.0645 e. The van der Waals surface area contributed by atoms with E-state index < -0.39 is 35.4 Å². The van der Waals surface area contributed by atoms with E-state index in [0.717, 1.165) is 77.9 Å². The summed E-state index contributed by atoms with van der Waals surface area (Å²) < 4.78 is 55.4. The molecule has 0 saturated heterocycles. The zero-order chi connectivity index (χ0) is 90.6. The summed E-state index contributed by atoms with van der Waals surface area (Å²) >= 11 is 0. The Kier molecular flexibility index (Phi) is 16.2. The highest BCUT2D eigenvalue weighted by Gasteiger charge is 2.53. The van der Waals surface area contributed by atoms with E-state index in [1.54, 1.807) is 0 Å². The molecular formula is C120H120. The molecule has 0 saturated carbocycles. The Labute approximate surface area is 726 Å². The molecule has 9 aliphatic rings. The second-order valence-electron chi connectivity index (χ2n) is 37.6. The second kappa shape index (κ2) is 27.0. The molecular weight excluding hydrogens is 1440 g/mol. The van der Waals surface area contributed by atoms with Gasteiger partial charge in [0.25, 0.3) is 0 Å². The predicted octanol–water partition coefficient (Wildman–Crippen LogP) is 31.1. The predicted molar refractivity (Wildman–Crippen MR) is 518 cm³/mol. The minimum Gasteiger partial charge on any atom is -0.0645 e. The van der Waals surface area contributed by atoms with Crippen LogP contribution >= 0.6 is 0 Å². The van der Waals surface area contributed by atoms with Gasteiger partial charge in [-0.05, 0) is 567 Å². The highest BCUT2D eigenvalue weighted by atomic mass is 14.5. The van der Waals surface area contributed by atoms with Crippen LogP contribution in [0, 0.1) is 166 Å². The zero-order valence-electron chi connectivity index (χ0n) is 82.9. The van der Waals surface area contributed by atoms with Crippen molar-refractivity contribution in [3.8, 4) is 33.4 Å². The highest BCUT2D eigenvalue weighted by Crippen LogP contribution is 2.64. The highest BCUT2D eigenvalue weighted by molar-refractivity contribution is 6.04. The normalized spacial score (nSPS) is 17.6. The quantitative estimate of drug-likeness (QED) is 0.142. The van der Waals surface area contributed by atoms with Gasteiger partial charge in [0, 0.05) is 8.22 Å². The van der Waals surface area contributed by atoms with E-state index in [1.165, 1.54) is 256 Å². The van der Waals surface area contributed by atoms with Crippen LogP contribution in [-0.2, 0) is 35.4 Å². The Morgan fingerprint density at radius 1 is 0.208 bits per heavy atom. The van der Waals surface area contributed by atoms with Gasteiger partial charge in [0.15, 0.2) is 0 Å². The van der Waals surface area contributed by atoms with Crippen molar-refractivity contribution in [2.24, 2.45) is 0 Å². The van der Waals surface area contributed by atoms with E-state index in [4.69, 9.17) is 5.48 Å². The molecule has 600 valence electrons. The fourth-order valence-corrected chi connectivity index (χ4v) is 24.7. The third kappa shape index (κ3) is 9.95. The van der Waals surface area contributed by atoms with E-state index in [2.05, 4.69) is 299 Å². The summed E-state index contributed by atoms with van der Waals surface area (Å²) in [4.78, 5) is 0. The van der Waals surface area contributed by atoms with Gasteiger partial charge in [-0.15, -0.1) is 0 Å². The van der Waals surface area contributed by atoms with Crippen molar-refractivity contribution in [2.45, 2.75) is 243 Å². The van der Waals surface area contributed by atoms with Crippen molar-refractivity contribution in [2.75, 3.05) is 0 Å². The summed E-state index contributed by atoms with van der Waals surface area (Å²) in [5.41, 5.74) is 73.9. The fraction of sp³-hybridized carbons (Fsp3) is 0.300. The molecule has 0 bridgehead atoms. The average Bonchev–Trinajstić information content (AvgIpc) is 1.52. The standard InChI is InChI=1S/3C40H40/c1-20-22(3)28(9)38-36(24(20)5)26(7)27(8)37-25(6)21(2)23(4)29(10)39(37)40(38)16-15-31-18-32-17-30-13-11-12-14-33(30)34(32)19-35(31)40;1-20-22(3)28(9)38-35(24(20)5)26(7)27(8)36-25(6)21(2)23(4)29(10)39(36)40(38)18-17-33-34(40)16-15-31-19-30-13-11-12-14-32(30)37(31)33;1-20-22(3)28(9)38-36(24(20)5)26(7)27(8)37-25(6)21(2)23(4)29(10)39(37)40(38)18-17-33-34-19-30-13-11-12-14-31(30)32(34)15-16-35(33)40/h11-16,18-19H,17H2,1-10H3;2*11-18H,19H2,1-10H3/i17T2;2*19T2. The van der Waals surface area contributed by atoms with Gasteiger partial charge < -0.3 is 0 Å². The number of rotatable bonds is 0. The molecule has 0 heterocycles. The van der Waals surface area contributed by atoms with Crippen LogP contribution in [-0.4, -0.2) is 0 Å². The molecule has 21 rings (SSSR count). The van der Waals surface area contributed by atoms with Gasteiger partial charge in [0.2, 0.25) is 0 Å². The van der Waals surface area contributed by atoms with Crippen LogP contribution < -0.4 is 0 Å². The van der Waals surface area contributed by atoms with Crippen molar-refractivity contribution in [3.63, 3.8) is 0 Å². The first-order valence-electron chi connectivity index (χ1n) is 46.9. The summed E-state index contributed by atoms with van der Waals surface area (Å²) in [6, 6.07) is 37.5. The number of hydrogen-bond donors (Lipinski definition) is 0. The van der Waals surface area contributed by atoms with E-state index in [9.17, 15) is 2.74 Å². The summed E-state index contributed by atoms with van der Waals surface area (Å²) in [6.07, 6.45) is 9.64. The van der Waals surface area contributed by atoms with Gasteiger partial charge in [-0.2, -0.15) is 0 Å². The third-order valence-corrected chi connectivity index (χ3v) is 33.3. The molecule has 12 aromatic rings. The Morgan fingerprint density at radius 2 is 0.492 bits per heavy atom. The molecule has 0 amide bonds. The maximum Gasteiger partial charge on any atom is 0.0658 e. The molecule has 0 nitrogen and oxygen atoms in total. The lowest BCUT2D eigenvalue weighted by molar-refractivity contribution is 0.765. The van der Waals surface area contributed by atoms with Crippen LogP contribution in [0.25, 0.3) is 85.0 Å². The molecule has 120 heavy (non-hydrogen) atoms. The van der Waals surface area contributed by atoms with Gasteiger partial charge in [-0.3, -0.25) is 0 Å². The Hall–Kier alpha value is -10.9. The fourth-order valence-electron chi connectivity index (χ4n) is 24.7. The first-order chi connectivity index (χ1) is 59.3. The lowest BCUT2D eigenvalue weighted by Crippen LogP contribution is -2.31. The summed E-state index contributed by atoms with van der Waals surface area (Å²) in [5, 5.41) is 0. The minimum absolute atomic E-state index is 0.487. The number of hydrogen-bond acceptors (Lipinski definition) is 0. The van der Waals surface area contributed by atoms with Crippen molar-refractivity contribution in [1.82, 2.24) is 0 Å². The van der Waals surface area contributed by atoms with E-state index >= 15 is 0 Å². The van der Waals surface area contributed by atoms with Crippen LogP contribution in [0.1, 0.15) is 317 Å². The summed E-state index contributed by atoms with van der Waals surface area (Å²) in [5.74, 6) is 0. The lowest BCUT2D eigenvalue weighted by Gasteiger charge is -2.38. The zero-order valence-corrected chi connectivity index (χ0v) is 76.9. The Morgan fingerprint density at radius 3 is 0.875 bits per heavy atom.